The summed E-state index contributed by atoms with van der Waals surface area (Å²) in [7, 11) is 1.36. The maximum Gasteiger partial charge on any atom is 0.305 e. The molecule has 30 heavy (non-hydrogen) atoms. The molecule has 0 aliphatic rings. The lowest BCUT2D eigenvalue weighted by Gasteiger charge is -2.33. The molecule has 2 rings (SSSR count). The van der Waals surface area contributed by atoms with Gasteiger partial charge in [0.05, 0.1) is 7.11 Å². The van der Waals surface area contributed by atoms with E-state index in [0.29, 0.717) is 12.2 Å². The lowest BCUT2D eigenvalue weighted by Crippen LogP contribution is -2.40. The predicted molar refractivity (Wildman–Crippen MR) is 119 cm³/mol. The van der Waals surface area contributed by atoms with Crippen molar-refractivity contribution in [3.05, 3.63) is 71.8 Å². The first-order valence-corrected chi connectivity index (χ1v) is 11.0. The summed E-state index contributed by atoms with van der Waals surface area (Å²) in [4.78, 5) is 25.6. The summed E-state index contributed by atoms with van der Waals surface area (Å²) in [5, 5.41) is 0. The van der Waals surface area contributed by atoms with Crippen LogP contribution in [0.2, 0.25) is 0 Å². The Morgan fingerprint density at radius 2 is 1.43 bits per heavy atom. The average molecular weight is 411 g/mol. The smallest absolute Gasteiger partial charge is 0.305 e. The van der Waals surface area contributed by atoms with Gasteiger partial charge in [0, 0.05) is 18.6 Å². The number of Topliss-reactive ketones (excluding diaryl/α,β-unsaturated/α-hetero) is 1. The topological polar surface area (TPSA) is 52.6 Å². The van der Waals surface area contributed by atoms with Crippen molar-refractivity contribution in [3.8, 4) is 0 Å². The van der Waals surface area contributed by atoms with Crippen LogP contribution < -0.4 is 0 Å². The standard InChI is InChI=1S/C26H34O4/c1-3-4-5-6-7-14-21-30-26(20-19-24(27)29-2,23-17-12-9-13-18-23)25(28)22-15-10-8-11-16-22/h8-13,15-18H,3-7,14,19-21H2,1-2H3. The van der Waals surface area contributed by atoms with Gasteiger partial charge in [-0.2, -0.15) is 0 Å². The fourth-order valence-electron chi connectivity index (χ4n) is 3.65. The summed E-state index contributed by atoms with van der Waals surface area (Å²) in [5.41, 5.74) is 0.142. The minimum absolute atomic E-state index is 0.112. The maximum absolute atomic E-state index is 13.7. The molecule has 0 radical (unpaired) electrons. The molecule has 0 aliphatic heterocycles. The largest absolute Gasteiger partial charge is 0.469 e. The second kappa shape index (κ2) is 13.0. The van der Waals surface area contributed by atoms with Crippen molar-refractivity contribution < 1.29 is 19.1 Å². The highest BCUT2D eigenvalue weighted by molar-refractivity contribution is 6.03. The molecule has 0 aromatic heterocycles. The Hall–Kier alpha value is -2.46. The van der Waals surface area contributed by atoms with Gasteiger partial charge in [0.25, 0.3) is 0 Å². The fourth-order valence-corrected chi connectivity index (χ4v) is 3.65. The zero-order valence-electron chi connectivity index (χ0n) is 18.3. The second-order valence-corrected chi connectivity index (χ2v) is 7.58. The number of hydrogen-bond donors (Lipinski definition) is 0. The van der Waals surface area contributed by atoms with Gasteiger partial charge in [-0.05, 0) is 18.4 Å². The number of esters is 1. The van der Waals surface area contributed by atoms with Crippen LogP contribution in [0.15, 0.2) is 60.7 Å². The molecular formula is C26H34O4. The minimum atomic E-state index is -1.21. The summed E-state index contributed by atoms with van der Waals surface area (Å²) >= 11 is 0. The number of methoxy groups -OCH3 is 1. The van der Waals surface area contributed by atoms with E-state index in [1.54, 1.807) is 12.1 Å². The van der Waals surface area contributed by atoms with Gasteiger partial charge >= 0.3 is 5.97 Å². The van der Waals surface area contributed by atoms with Gasteiger partial charge in [0.2, 0.25) is 0 Å². The molecule has 0 N–H and O–H groups in total. The number of rotatable bonds is 14. The Kier molecular flexibility index (Phi) is 10.3. The zero-order valence-corrected chi connectivity index (χ0v) is 18.3. The molecule has 2 aromatic rings. The number of hydrogen-bond acceptors (Lipinski definition) is 4. The molecule has 0 amide bonds. The van der Waals surface area contributed by atoms with E-state index >= 15 is 0 Å². The molecule has 162 valence electrons. The number of carbonyl (C=O) groups excluding carboxylic acids is 2. The van der Waals surface area contributed by atoms with Crippen LogP contribution in [-0.4, -0.2) is 25.5 Å². The SMILES string of the molecule is CCCCCCCCOC(CCC(=O)OC)(C(=O)c1ccccc1)c1ccccc1. The Bertz CT molecular complexity index is 757. The Balaban J connectivity index is 2.26. The second-order valence-electron chi connectivity index (χ2n) is 7.58. The van der Waals surface area contributed by atoms with Crippen LogP contribution in [0.3, 0.4) is 0 Å². The highest BCUT2D eigenvalue weighted by Crippen LogP contribution is 2.35. The molecule has 4 nitrogen and oxygen atoms in total. The molecule has 0 spiro atoms. The van der Waals surface area contributed by atoms with E-state index in [4.69, 9.17) is 9.47 Å². The summed E-state index contributed by atoms with van der Waals surface area (Å²) in [5.74, 6) is -0.469. The number of ether oxygens (including phenoxy) is 2. The molecule has 0 aliphatic carbocycles. The number of unbranched alkanes of at least 4 members (excludes halogenated alkanes) is 5. The van der Waals surface area contributed by atoms with Gasteiger partial charge in [-0.3, -0.25) is 9.59 Å². The molecule has 2 aromatic carbocycles. The monoisotopic (exact) mass is 410 g/mol. The summed E-state index contributed by atoms with van der Waals surface area (Å²) in [6.07, 6.45) is 7.18. The Morgan fingerprint density at radius 1 is 0.833 bits per heavy atom. The normalized spacial score (nSPS) is 12.9. The predicted octanol–water partition coefficient (Wildman–Crippen LogP) is 6.10. The van der Waals surface area contributed by atoms with E-state index in [0.717, 1.165) is 18.4 Å². The average Bonchev–Trinajstić information content (AvgIpc) is 2.81. The first kappa shape index (κ1) is 23.8. The lowest BCUT2D eigenvalue weighted by atomic mass is 9.82. The highest BCUT2D eigenvalue weighted by Gasteiger charge is 2.42. The van der Waals surface area contributed by atoms with Crippen molar-refractivity contribution in [2.45, 2.75) is 63.9 Å². The summed E-state index contributed by atoms with van der Waals surface area (Å²) in [6.45, 7) is 2.68. The van der Waals surface area contributed by atoms with Gasteiger partial charge in [0.15, 0.2) is 11.4 Å². The molecule has 0 heterocycles. The van der Waals surface area contributed by atoms with Crippen molar-refractivity contribution in [1.82, 2.24) is 0 Å². The third-order valence-electron chi connectivity index (χ3n) is 5.40. The third-order valence-corrected chi connectivity index (χ3v) is 5.40. The number of benzene rings is 2. The number of ketones is 1. The molecule has 0 fully saturated rings. The van der Waals surface area contributed by atoms with Crippen LogP contribution in [0.5, 0.6) is 0 Å². The van der Waals surface area contributed by atoms with Crippen LogP contribution in [-0.2, 0) is 19.9 Å². The van der Waals surface area contributed by atoms with Crippen LogP contribution in [0, 0.1) is 0 Å². The lowest BCUT2D eigenvalue weighted by molar-refractivity contribution is -0.142. The highest BCUT2D eigenvalue weighted by atomic mass is 16.5. The van der Waals surface area contributed by atoms with Crippen molar-refractivity contribution >= 4 is 11.8 Å². The van der Waals surface area contributed by atoms with Gasteiger partial charge in [-0.1, -0.05) is 99.7 Å². The maximum atomic E-state index is 13.7. The molecule has 0 saturated carbocycles. The van der Waals surface area contributed by atoms with E-state index in [9.17, 15) is 9.59 Å². The van der Waals surface area contributed by atoms with E-state index in [2.05, 4.69) is 6.92 Å². The van der Waals surface area contributed by atoms with E-state index < -0.39 is 5.60 Å². The van der Waals surface area contributed by atoms with Gasteiger partial charge in [0.1, 0.15) is 0 Å². The molecule has 0 bridgehead atoms. The van der Waals surface area contributed by atoms with Gasteiger partial charge < -0.3 is 9.47 Å². The quantitative estimate of drug-likeness (QED) is 0.215. The van der Waals surface area contributed by atoms with E-state index in [-0.39, 0.29) is 24.6 Å². The molecule has 4 heteroatoms. The van der Waals surface area contributed by atoms with Crippen LogP contribution in [0.4, 0.5) is 0 Å². The fraction of sp³-hybridized carbons (Fsp3) is 0.462. The Labute approximate surface area is 180 Å². The van der Waals surface area contributed by atoms with Crippen molar-refractivity contribution in [2.75, 3.05) is 13.7 Å². The zero-order chi connectivity index (χ0) is 21.7. The third kappa shape index (κ3) is 6.81. The van der Waals surface area contributed by atoms with Gasteiger partial charge in [-0.25, -0.2) is 0 Å². The summed E-state index contributed by atoms with van der Waals surface area (Å²) < 4.78 is 11.2. The molecule has 1 unspecified atom stereocenters. The Morgan fingerprint density at radius 3 is 2.07 bits per heavy atom. The minimum Gasteiger partial charge on any atom is -0.469 e. The van der Waals surface area contributed by atoms with Crippen LogP contribution in [0.25, 0.3) is 0 Å². The van der Waals surface area contributed by atoms with Crippen molar-refractivity contribution in [2.24, 2.45) is 0 Å². The molecular weight excluding hydrogens is 376 g/mol. The van der Waals surface area contributed by atoms with Crippen LogP contribution in [0.1, 0.15) is 74.2 Å². The van der Waals surface area contributed by atoms with E-state index in [1.165, 1.54) is 32.8 Å². The van der Waals surface area contributed by atoms with Crippen LogP contribution >= 0.6 is 0 Å². The van der Waals surface area contributed by atoms with Crippen molar-refractivity contribution in [1.29, 1.82) is 0 Å². The number of carbonyl (C=O) groups is 2. The van der Waals surface area contributed by atoms with Crippen molar-refractivity contribution in [3.63, 3.8) is 0 Å². The first-order valence-electron chi connectivity index (χ1n) is 11.0. The molecule has 0 saturated heterocycles. The van der Waals surface area contributed by atoms with Gasteiger partial charge in [-0.15, -0.1) is 0 Å². The first-order chi connectivity index (χ1) is 14.6. The molecule has 1 atom stereocenters. The van der Waals surface area contributed by atoms with E-state index in [1.807, 2.05) is 48.5 Å². The summed E-state index contributed by atoms with van der Waals surface area (Å²) in [6, 6.07) is 18.7.